The van der Waals surface area contributed by atoms with Crippen LogP contribution in [0.15, 0.2) is 60.8 Å². The average molecular weight is 377 g/mol. The highest BCUT2D eigenvalue weighted by Gasteiger charge is 2.13. The lowest BCUT2D eigenvalue weighted by molar-refractivity contribution is 0.0951. The number of amides is 2. The molecule has 1 aromatic heterocycles. The maximum absolute atomic E-state index is 12.9. The smallest absolute Gasteiger partial charge is 0.274 e. The lowest BCUT2D eigenvalue weighted by Crippen LogP contribution is -2.23. The highest BCUT2D eigenvalue weighted by atomic mass is 19.1. The van der Waals surface area contributed by atoms with E-state index in [0.29, 0.717) is 11.3 Å². The van der Waals surface area contributed by atoms with Crippen molar-refractivity contribution in [3.05, 3.63) is 94.6 Å². The van der Waals surface area contributed by atoms with Crippen LogP contribution in [0.1, 0.15) is 37.5 Å². The molecule has 0 unspecified atom stereocenters. The highest BCUT2D eigenvalue weighted by molar-refractivity contribution is 6.05. The normalized spacial score (nSPS) is 10.4. The fourth-order valence-corrected chi connectivity index (χ4v) is 2.64. The van der Waals surface area contributed by atoms with Gasteiger partial charge in [-0.1, -0.05) is 24.3 Å². The third kappa shape index (κ3) is 4.79. The van der Waals surface area contributed by atoms with Crippen LogP contribution in [0.3, 0.4) is 0 Å². The number of halogens is 1. The Hall–Kier alpha value is -3.54. The van der Waals surface area contributed by atoms with Crippen LogP contribution in [0.25, 0.3) is 0 Å². The Labute approximate surface area is 162 Å². The summed E-state index contributed by atoms with van der Waals surface area (Å²) in [5, 5.41) is 5.57. The molecule has 28 heavy (non-hydrogen) atoms. The number of hydrogen-bond acceptors (Lipinski definition) is 3. The summed E-state index contributed by atoms with van der Waals surface area (Å²) < 4.78 is 12.9. The fourth-order valence-electron chi connectivity index (χ4n) is 2.64. The Morgan fingerprint density at radius 3 is 2.46 bits per heavy atom. The second-order valence-electron chi connectivity index (χ2n) is 6.51. The molecule has 0 bridgehead atoms. The van der Waals surface area contributed by atoms with Crippen LogP contribution < -0.4 is 10.6 Å². The molecule has 2 N–H and O–H groups in total. The zero-order valence-corrected chi connectivity index (χ0v) is 15.6. The number of nitrogens with zero attached hydrogens (tertiary/aromatic N) is 1. The van der Waals surface area contributed by atoms with Gasteiger partial charge in [-0.2, -0.15) is 0 Å². The van der Waals surface area contributed by atoms with E-state index < -0.39 is 0 Å². The van der Waals surface area contributed by atoms with Gasteiger partial charge in [0.05, 0.1) is 0 Å². The van der Waals surface area contributed by atoms with E-state index in [4.69, 9.17) is 0 Å². The quantitative estimate of drug-likeness (QED) is 0.705. The summed E-state index contributed by atoms with van der Waals surface area (Å²) in [7, 11) is 0. The number of rotatable bonds is 5. The summed E-state index contributed by atoms with van der Waals surface area (Å²) >= 11 is 0. The topological polar surface area (TPSA) is 71.1 Å². The molecule has 1 heterocycles. The van der Waals surface area contributed by atoms with Crippen LogP contribution in [0.2, 0.25) is 0 Å². The van der Waals surface area contributed by atoms with Gasteiger partial charge in [-0.25, -0.2) is 4.39 Å². The van der Waals surface area contributed by atoms with Crippen LogP contribution >= 0.6 is 0 Å². The molecule has 0 atom stereocenters. The minimum Gasteiger partial charge on any atom is -0.348 e. The number of hydrogen-bond donors (Lipinski definition) is 2. The fraction of sp³-hybridized carbons (Fsp3) is 0.136. The number of nitrogens with one attached hydrogen (secondary N) is 2. The van der Waals surface area contributed by atoms with E-state index >= 15 is 0 Å². The van der Waals surface area contributed by atoms with Crippen molar-refractivity contribution in [1.29, 1.82) is 0 Å². The predicted molar refractivity (Wildman–Crippen MR) is 106 cm³/mol. The van der Waals surface area contributed by atoms with E-state index in [-0.39, 0.29) is 29.9 Å². The molecule has 0 aliphatic carbocycles. The third-order valence-corrected chi connectivity index (χ3v) is 4.26. The summed E-state index contributed by atoms with van der Waals surface area (Å²) in [6.07, 6.45) is 1.42. The summed E-state index contributed by atoms with van der Waals surface area (Å²) in [5.74, 6) is -1.06. The van der Waals surface area contributed by atoms with Gasteiger partial charge in [0.25, 0.3) is 11.8 Å². The van der Waals surface area contributed by atoms with Crippen LogP contribution in [0.4, 0.5) is 10.1 Å². The molecule has 0 spiro atoms. The first kappa shape index (κ1) is 19.2. The van der Waals surface area contributed by atoms with E-state index in [1.54, 1.807) is 12.1 Å². The average Bonchev–Trinajstić information content (AvgIpc) is 2.70. The molecule has 0 radical (unpaired) electrons. The van der Waals surface area contributed by atoms with Gasteiger partial charge in [0.1, 0.15) is 11.5 Å². The van der Waals surface area contributed by atoms with Crippen molar-refractivity contribution in [2.45, 2.75) is 20.4 Å². The first-order chi connectivity index (χ1) is 13.4. The number of anilines is 1. The van der Waals surface area contributed by atoms with Gasteiger partial charge >= 0.3 is 0 Å². The van der Waals surface area contributed by atoms with E-state index in [1.807, 2.05) is 32.0 Å². The van der Waals surface area contributed by atoms with Gasteiger partial charge in [0.2, 0.25) is 0 Å². The minimum absolute atomic E-state index is 0.148. The van der Waals surface area contributed by atoms with Gasteiger partial charge in [-0.15, -0.1) is 0 Å². The second kappa shape index (κ2) is 8.43. The van der Waals surface area contributed by atoms with Crippen molar-refractivity contribution < 1.29 is 14.0 Å². The van der Waals surface area contributed by atoms with Crippen molar-refractivity contribution in [3.8, 4) is 0 Å². The molecule has 0 saturated carbocycles. The molecule has 2 amide bonds. The SMILES string of the molecule is Cc1ccc(C)c(NC(=O)c2cc(C(=O)NCc3ccc(F)cc3)ccn2)c1. The number of pyridine rings is 1. The molecule has 0 aliphatic rings. The van der Waals surface area contributed by atoms with Crippen molar-refractivity contribution in [1.82, 2.24) is 10.3 Å². The molecule has 0 fully saturated rings. The van der Waals surface area contributed by atoms with Crippen molar-refractivity contribution >= 4 is 17.5 Å². The molecule has 6 heteroatoms. The Bertz CT molecular complexity index is 1020. The summed E-state index contributed by atoms with van der Waals surface area (Å²) in [6, 6.07) is 14.6. The Morgan fingerprint density at radius 1 is 0.964 bits per heavy atom. The monoisotopic (exact) mass is 377 g/mol. The first-order valence-corrected chi connectivity index (χ1v) is 8.79. The largest absolute Gasteiger partial charge is 0.348 e. The zero-order chi connectivity index (χ0) is 20.1. The standard InChI is InChI=1S/C22H20FN3O2/c1-14-3-4-15(2)19(11-14)26-22(28)20-12-17(9-10-24-20)21(27)25-13-16-5-7-18(23)8-6-16/h3-12H,13H2,1-2H3,(H,25,27)(H,26,28). The number of carbonyl (C=O) groups is 2. The number of aromatic nitrogens is 1. The van der Waals surface area contributed by atoms with Crippen LogP contribution in [-0.4, -0.2) is 16.8 Å². The maximum atomic E-state index is 12.9. The van der Waals surface area contributed by atoms with Crippen molar-refractivity contribution in [2.75, 3.05) is 5.32 Å². The van der Waals surface area contributed by atoms with Gasteiger partial charge in [0, 0.05) is 24.0 Å². The summed E-state index contributed by atoms with van der Waals surface area (Å²) in [4.78, 5) is 29.0. The Morgan fingerprint density at radius 2 is 1.71 bits per heavy atom. The lowest BCUT2D eigenvalue weighted by Gasteiger charge is -2.10. The van der Waals surface area contributed by atoms with Crippen LogP contribution in [0.5, 0.6) is 0 Å². The highest BCUT2D eigenvalue weighted by Crippen LogP contribution is 2.17. The zero-order valence-electron chi connectivity index (χ0n) is 15.6. The molecule has 0 aliphatic heterocycles. The van der Waals surface area contributed by atoms with Crippen LogP contribution in [0, 0.1) is 19.7 Å². The van der Waals surface area contributed by atoms with Gasteiger partial charge < -0.3 is 10.6 Å². The third-order valence-electron chi connectivity index (χ3n) is 4.26. The lowest BCUT2D eigenvalue weighted by atomic mass is 10.1. The summed E-state index contributed by atoms with van der Waals surface area (Å²) in [5.41, 5.74) is 3.92. The van der Waals surface area contributed by atoms with Crippen LogP contribution in [-0.2, 0) is 6.54 Å². The molecule has 5 nitrogen and oxygen atoms in total. The van der Waals surface area contributed by atoms with E-state index in [9.17, 15) is 14.0 Å². The predicted octanol–water partition coefficient (Wildman–Crippen LogP) is 4.02. The molecule has 142 valence electrons. The van der Waals surface area contributed by atoms with Crippen molar-refractivity contribution in [2.24, 2.45) is 0 Å². The molecular formula is C22H20FN3O2. The van der Waals surface area contributed by atoms with E-state index in [2.05, 4.69) is 15.6 Å². The van der Waals surface area contributed by atoms with Gasteiger partial charge in [-0.3, -0.25) is 14.6 Å². The molecule has 0 saturated heterocycles. The molecule has 2 aromatic carbocycles. The van der Waals surface area contributed by atoms with Crippen molar-refractivity contribution in [3.63, 3.8) is 0 Å². The maximum Gasteiger partial charge on any atom is 0.274 e. The minimum atomic E-state index is -0.387. The molecular weight excluding hydrogens is 357 g/mol. The molecule has 3 rings (SSSR count). The Balaban J connectivity index is 1.68. The molecule has 3 aromatic rings. The van der Waals surface area contributed by atoms with E-state index in [0.717, 1.165) is 16.7 Å². The van der Waals surface area contributed by atoms with Gasteiger partial charge in [-0.05, 0) is 60.9 Å². The number of benzene rings is 2. The number of carbonyl (C=O) groups excluding carboxylic acids is 2. The van der Waals surface area contributed by atoms with Gasteiger partial charge in [0.15, 0.2) is 0 Å². The Kier molecular flexibility index (Phi) is 5.79. The second-order valence-corrected chi connectivity index (χ2v) is 6.51. The number of aryl methyl sites for hydroxylation is 2. The van der Waals surface area contributed by atoms with E-state index in [1.165, 1.54) is 30.5 Å². The summed E-state index contributed by atoms with van der Waals surface area (Å²) in [6.45, 7) is 4.10. The first-order valence-electron chi connectivity index (χ1n) is 8.79.